The molecule has 0 aliphatic rings. The summed E-state index contributed by atoms with van der Waals surface area (Å²) >= 11 is 0. The Morgan fingerprint density at radius 2 is 2.19 bits per heavy atom. The predicted molar refractivity (Wildman–Crippen MR) is 75.6 cm³/mol. The highest BCUT2D eigenvalue weighted by Crippen LogP contribution is 2.07. The quantitative estimate of drug-likeness (QED) is 0.735. The Kier molecular flexibility index (Phi) is 4.39. The molecule has 0 aliphatic carbocycles. The van der Waals surface area contributed by atoms with Crippen molar-refractivity contribution in [2.24, 2.45) is 0 Å². The summed E-state index contributed by atoms with van der Waals surface area (Å²) in [5.74, 6) is -0.491. The van der Waals surface area contributed by atoms with Gasteiger partial charge in [-0.05, 0) is 31.0 Å². The van der Waals surface area contributed by atoms with E-state index in [1.165, 1.54) is 18.3 Å². The van der Waals surface area contributed by atoms with Crippen molar-refractivity contribution < 1.29 is 18.3 Å². The van der Waals surface area contributed by atoms with Crippen LogP contribution < -0.4 is 4.72 Å². The Labute approximate surface area is 122 Å². The molecule has 1 aromatic heterocycles. The topological polar surface area (TPSA) is 112 Å². The minimum Gasteiger partial charge on any atom is -0.478 e. The summed E-state index contributed by atoms with van der Waals surface area (Å²) in [6, 6.07) is 6.40. The van der Waals surface area contributed by atoms with Gasteiger partial charge < -0.3 is 10.1 Å². The summed E-state index contributed by atoms with van der Waals surface area (Å²) in [6.45, 7) is 1.83. The first kappa shape index (κ1) is 15.2. The number of nitrogens with zero attached hydrogens (tertiary/aromatic N) is 1. The van der Waals surface area contributed by atoms with E-state index in [-0.39, 0.29) is 17.1 Å². The average molecular weight is 309 g/mol. The van der Waals surface area contributed by atoms with Crippen molar-refractivity contribution in [2.45, 2.75) is 18.4 Å². The summed E-state index contributed by atoms with van der Waals surface area (Å²) in [5.41, 5.74) is 0.929. The maximum atomic E-state index is 11.9. The number of hydrogen-bond acceptors (Lipinski definition) is 4. The van der Waals surface area contributed by atoms with E-state index < -0.39 is 16.0 Å². The van der Waals surface area contributed by atoms with Gasteiger partial charge in [0.2, 0.25) is 0 Å². The number of hydrogen-bond donors (Lipinski definition) is 3. The Morgan fingerprint density at radius 3 is 2.81 bits per heavy atom. The van der Waals surface area contributed by atoms with Gasteiger partial charge in [-0.2, -0.15) is 0 Å². The zero-order valence-electron chi connectivity index (χ0n) is 11.3. The summed E-state index contributed by atoms with van der Waals surface area (Å²) in [5, 5.41) is 8.91. The molecule has 0 atom stereocenters. The number of rotatable bonds is 6. The highest BCUT2D eigenvalue weighted by atomic mass is 32.2. The van der Waals surface area contributed by atoms with Crippen molar-refractivity contribution >= 4 is 16.0 Å². The van der Waals surface area contributed by atoms with Crippen molar-refractivity contribution in [3.05, 3.63) is 47.4 Å². The first-order chi connectivity index (χ1) is 9.88. The number of carbonyl (C=O) groups is 1. The molecule has 0 fully saturated rings. The van der Waals surface area contributed by atoms with Crippen LogP contribution in [0, 0.1) is 6.92 Å². The zero-order valence-corrected chi connectivity index (χ0v) is 12.1. The summed E-state index contributed by atoms with van der Waals surface area (Å²) in [6.07, 6.45) is 1.65. The zero-order chi connectivity index (χ0) is 15.5. The fourth-order valence-electron chi connectivity index (χ4n) is 1.80. The third-order valence-corrected chi connectivity index (χ3v) is 4.22. The van der Waals surface area contributed by atoms with Crippen LogP contribution >= 0.6 is 0 Å². The SMILES string of the molecule is Cc1ncc(S(=O)(=O)NCCc2cccc(C(=O)O)c2)[nH]1. The van der Waals surface area contributed by atoms with Gasteiger partial charge >= 0.3 is 5.97 Å². The van der Waals surface area contributed by atoms with Crippen molar-refractivity contribution in [3.8, 4) is 0 Å². The second-order valence-corrected chi connectivity index (χ2v) is 6.22. The van der Waals surface area contributed by atoms with Crippen LogP contribution in [0.4, 0.5) is 0 Å². The molecule has 7 nitrogen and oxygen atoms in total. The number of carboxylic acid groups (broad SMARTS) is 1. The lowest BCUT2D eigenvalue weighted by Gasteiger charge is -2.05. The van der Waals surface area contributed by atoms with Gasteiger partial charge in [0.25, 0.3) is 10.0 Å². The van der Waals surface area contributed by atoms with Crippen LogP contribution in [-0.4, -0.2) is 36.0 Å². The van der Waals surface area contributed by atoms with Crippen molar-refractivity contribution in [1.82, 2.24) is 14.7 Å². The standard InChI is InChI=1S/C13H15N3O4S/c1-9-14-8-12(16-9)21(19,20)15-6-5-10-3-2-4-11(7-10)13(17)18/h2-4,7-8,15H,5-6H2,1H3,(H,14,16)(H,17,18). The molecule has 1 aromatic carbocycles. The Hall–Kier alpha value is -2.19. The molecular formula is C13H15N3O4S. The maximum absolute atomic E-state index is 11.9. The molecule has 0 spiro atoms. The van der Waals surface area contributed by atoms with E-state index in [1.54, 1.807) is 19.1 Å². The number of nitrogens with one attached hydrogen (secondary N) is 2. The molecule has 0 amide bonds. The molecule has 0 saturated carbocycles. The third kappa shape index (κ3) is 3.89. The number of aromatic carboxylic acids is 1. The molecule has 0 unspecified atom stereocenters. The van der Waals surface area contributed by atoms with Crippen molar-refractivity contribution in [2.75, 3.05) is 6.54 Å². The van der Waals surface area contributed by atoms with Gasteiger partial charge in [-0.1, -0.05) is 12.1 Å². The number of benzene rings is 1. The lowest BCUT2D eigenvalue weighted by atomic mass is 10.1. The lowest BCUT2D eigenvalue weighted by Crippen LogP contribution is -2.26. The Bertz CT molecular complexity index is 752. The molecule has 3 N–H and O–H groups in total. The molecule has 21 heavy (non-hydrogen) atoms. The van der Waals surface area contributed by atoms with E-state index in [0.29, 0.717) is 12.2 Å². The van der Waals surface area contributed by atoms with Crippen LogP contribution in [-0.2, 0) is 16.4 Å². The lowest BCUT2D eigenvalue weighted by molar-refractivity contribution is 0.0696. The van der Waals surface area contributed by atoms with Crippen molar-refractivity contribution in [1.29, 1.82) is 0 Å². The third-order valence-electron chi connectivity index (χ3n) is 2.85. The predicted octanol–water partition coefficient (Wildman–Crippen LogP) is 0.937. The monoisotopic (exact) mass is 309 g/mol. The van der Waals surface area contributed by atoms with Gasteiger partial charge in [0, 0.05) is 6.54 Å². The van der Waals surface area contributed by atoms with Gasteiger partial charge in [0.1, 0.15) is 5.82 Å². The Morgan fingerprint density at radius 1 is 1.43 bits per heavy atom. The van der Waals surface area contributed by atoms with E-state index >= 15 is 0 Å². The van der Waals surface area contributed by atoms with Gasteiger partial charge in [-0.3, -0.25) is 0 Å². The van der Waals surface area contributed by atoms with E-state index in [1.807, 2.05) is 0 Å². The largest absolute Gasteiger partial charge is 0.478 e. The number of imidazole rings is 1. The van der Waals surface area contributed by atoms with Crippen LogP contribution in [0.5, 0.6) is 0 Å². The number of aromatic amines is 1. The summed E-state index contributed by atoms with van der Waals surface area (Å²) in [7, 11) is -3.62. The first-order valence-corrected chi connectivity index (χ1v) is 7.70. The van der Waals surface area contributed by atoms with E-state index in [2.05, 4.69) is 14.7 Å². The number of aromatic nitrogens is 2. The smallest absolute Gasteiger partial charge is 0.335 e. The van der Waals surface area contributed by atoms with Crippen LogP contribution in [0.3, 0.4) is 0 Å². The summed E-state index contributed by atoms with van der Waals surface area (Å²) in [4.78, 5) is 17.3. The van der Waals surface area contributed by atoms with Gasteiger partial charge in [0.05, 0.1) is 11.8 Å². The van der Waals surface area contributed by atoms with Crippen molar-refractivity contribution in [3.63, 3.8) is 0 Å². The fourth-order valence-corrected chi connectivity index (χ4v) is 2.80. The average Bonchev–Trinajstić information content (AvgIpc) is 2.86. The molecule has 2 aromatic rings. The van der Waals surface area contributed by atoms with E-state index in [4.69, 9.17) is 5.11 Å². The fraction of sp³-hybridized carbons (Fsp3) is 0.231. The number of carboxylic acids is 1. The maximum Gasteiger partial charge on any atom is 0.335 e. The number of H-pyrrole nitrogens is 1. The minimum atomic E-state index is -3.62. The van der Waals surface area contributed by atoms with Gasteiger partial charge in [-0.15, -0.1) is 0 Å². The molecule has 0 saturated heterocycles. The molecule has 112 valence electrons. The van der Waals surface area contributed by atoms with Crippen LogP contribution in [0.1, 0.15) is 21.7 Å². The number of aryl methyl sites for hydroxylation is 1. The van der Waals surface area contributed by atoms with Gasteiger partial charge in [0.15, 0.2) is 5.03 Å². The highest BCUT2D eigenvalue weighted by molar-refractivity contribution is 7.89. The molecule has 2 rings (SSSR count). The van der Waals surface area contributed by atoms with Gasteiger partial charge in [-0.25, -0.2) is 22.9 Å². The molecule has 1 heterocycles. The second-order valence-electron chi connectivity index (χ2n) is 4.49. The molecule has 0 aliphatic heterocycles. The van der Waals surface area contributed by atoms with Crippen LogP contribution in [0.2, 0.25) is 0 Å². The number of sulfonamides is 1. The van der Waals surface area contributed by atoms with Crippen LogP contribution in [0.25, 0.3) is 0 Å². The molecule has 0 bridgehead atoms. The molecule has 0 radical (unpaired) electrons. The molecule has 8 heteroatoms. The summed E-state index contributed by atoms with van der Waals surface area (Å²) < 4.78 is 26.3. The van der Waals surface area contributed by atoms with E-state index in [9.17, 15) is 13.2 Å². The second kappa shape index (κ2) is 6.06. The Balaban J connectivity index is 1.98. The normalized spacial score (nSPS) is 11.5. The minimum absolute atomic E-state index is 0.0132. The first-order valence-electron chi connectivity index (χ1n) is 6.22. The van der Waals surface area contributed by atoms with Crippen LogP contribution in [0.15, 0.2) is 35.5 Å². The molecular weight excluding hydrogens is 294 g/mol. The highest BCUT2D eigenvalue weighted by Gasteiger charge is 2.15. The van der Waals surface area contributed by atoms with E-state index in [0.717, 1.165) is 5.56 Å².